The summed E-state index contributed by atoms with van der Waals surface area (Å²) >= 11 is 0. The second-order valence-electron chi connectivity index (χ2n) is 4.59. The quantitative estimate of drug-likeness (QED) is 0.845. The summed E-state index contributed by atoms with van der Waals surface area (Å²) in [4.78, 5) is 0. The standard InChI is InChI=1S/C15H21N3/c1-16-15(13-7-4-3-5-8-13)10-6-9-14-11-12-17-18(14)2/h3-5,7-8,11-12,15-16H,6,9-10H2,1-2H3. The van der Waals surface area contributed by atoms with Crippen LogP contribution in [0.4, 0.5) is 0 Å². The minimum absolute atomic E-state index is 0.444. The molecule has 0 spiro atoms. The lowest BCUT2D eigenvalue weighted by Gasteiger charge is -2.16. The molecule has 0 amide bonds. The van der Waals surface area contributed by atoms with Crippen LogP contribution in [0.25, 0.3) is 0 Å². The predicted octanol–water partition coefficient (Wildman–Crippen LogP) is 2.70. The smallest absolute Gasteiger partial charge is 0.0492 e. The van der Waals surface area contributed by atoms with Crippen molar-refractivity contribution in [3.8, 4) is 0 Å². The molecule has 0 fully saturated rings. The summed E-state index contributed by atoms with van der Waals surface area (Å²) in [6.45, 7) is 0. The van der Waals surface area contributed by atoms with E-state index in [4.69, 9.17) is 0 Å². The Hall–Kier alpha value is -1.61. The average Bonchev–Trinajstić information content (AvgIpc) is 2.81. The van der Waals surface area contributed by atoms with E-state index in [2.05, 4.69) is 46.8 Å². The molecule has 1 heterocycles. The Morgan fingerprint density at radius 3 is 2.61 bits per heavy atom. The number of aromatic nitrogens is 2. The molecular formula is C15H21N3. The van der Waals surface area contributed by atoms with E-state index in [9.17, 15) is 0 Å². The first-order chi connectivity index (χ1) is 8.81. The van der Waals surface area contributed by atoms with Gasteiger partial charge in [-0.15, -0.1) is 0 Å². The van der Waals surface area contributed by atoms with Crippen LogP contribution < -0.4 is 5.32 Å². The number of hydrogen-bond acceptors (Lipinski definition) is 2. The van der Waals surface area contributed by atoms with Gasteiger partial charge in [0, 0.05) is 25.0 Å². The van der Waals surface area contributed by atoms with Crippen LogP contribution in [0.2, 0.25) is 0 Å². The van der Waals surface area contributed by atoms with E-state index in [1.807, 2.05) is 25.0 Å². The summed E-state index contributed by atoms with van der Waals surface area (Å²) in [5, 5.41) is 7.58. The van der Waals surface area contributed by atoms with Gasteiger partial charge in [-0.2, -0.15) is 5.10 Å². The van der Waals surface area contributed by atoms with Crippen molar-refractivity contribution in [1.29, 1.82) is 0 Å². The highest BCUT2D eigenvalue weighted by Gasteiger charge is 2.08. The van der Waals surface area contributed by atoms with Crippen LogP contribution in [0.1, 0.15) is 30.1 Å². The van der Waals surface area contributed by atoms with Gasteiger partial charge in [-0.1, -0.05) is 30.3 Å². The molecule has 0 radical (unpaired) electrons. The van der Waals surface area contributed by atoms with E-state index in [1.54, 1.807) is 0 Å². The van der Waals surface area contributed by atoms with Crippen molar-refractivity contribution < 1.29 is 0 Å². The molecule has 96 valence electrons. The summed E-state index contributed by atoms with van der Waals surface area (Å²) in [6, 6.07) is 13.2. The fraction of sp³-hybridized carbons (Fsp3) is 0.400. The van der Waals surface area contributed by atoms with Crippen molar-refractivity contribution in [2.75, 3.05) is 7.05 Å². The summed E-state index contributed by atoms with van der Waals surface area (Å²) in [6.07, 6.45) is 5.26. The lowest BCUT2D eigenvalue weighted by Crippen LogP contribution is -2.16. The Kier molecular flexibility index (Phi) is 4.53. The zero-order valence-corrected chi connectivity index (χ0v) is 11.1. The molecule has 0 bridgehead atoms. The molecule has 0 saturated carbocycles. The van der Waals surface area contributed by atoms with E-state index < -0.39 is 0 Å². The van der Waals surface area contributed by atoms with Gasteiger partial charge >= 0.3 is 0 Å². The molecule has 1 N–H and O–H groups in total. The van der Waals surface area contributed by atoms with Crippen molar-refractivity contribution in [3.63, 3.8) is 0 Å². The highest BCUT2D eigenvalue weighted by atomic mass is 15.2. The predicted molar refractivity (Wildman–Crippen MR) is 74.4 cm³/mol. The maximum Gasteiger partial charge on any atom is 0.0492 e. The molecule has 1 aromatic heterocycles. The van der Waals surface area contributed by atoms with Gasteiger partial charge in [0.25, 0.3) is 0 Å². The van der Waals surface area contributed by atoms with Gasteiger partial charge in [0.2, 0.25) is 0 Å². The van der Waals surface area contributed by atoms with Crippen molar-refractivity contribution in [2.45, 2.75) is 25.3 Å². The molecule has 3 heteroatoms. The van der Waals surface area contributed by atoms with Gasteiger partial charge in [-0.25, -0.2) is 0 Å². The molecule has 3 nitrogen and oxygen atoms in total. The van der Waals surface area contributed by atoms with E-state index in [0.29, 0.717) is 6.04 Å². The third kappa shape index (κ3) is 3.20. The summed E-state index contributed by atoms with van der Waals surface area (Å²) < 4.78 is 1.96. The second-order valence-corrected chi connectivity index (χ2v) is 4.59. The van der Waals surface area contributed by atoms with Crippen molar-refractivity contribution >= 4 is 0 Å². The SMILES string of the molecule is CNC(CCCc1ccnn1C)c1ccccc1. The molecule has 1 unspecified atom stereocenters. The summed E-state index contributed by atoms with van der Waals surface area (Å²) in [5.41, 5.74) is 2.67. The van der Waals surface area contributed by atoms with Gasteiger partial charge < -0.3 is 5.32 Å². The van der Waals surface area contributed by atoms with Crippen LogP contribution in [0.3, 0.4) is 0 Å². The molecule has 2 rings (SSSR count). The first-order valence-corrected chi connectivity index (χ1v) is 6.50. The highest BCUT2D eigenvalue weighted by Crippen LogP contribution is 2.18. The Balaban J connectivity index is 1.87. The Morgan fingerprint density at radius 2 is 2.00 bits per heavy atom. The van der Waals surface area contributed by atoms with Crippen molar-refractivity contribution in [2.24, 2.45) is 7.05 Å². The molecule has 0 aliphatic rings. The molecule has 0 saturated heterocycles. The number of nitrogens with zero attached hydrogens (tertiary/aromatic N) is 2. The third-order valence-corrected chi connectivity index (χ3v) is 3.40. The lowest BCUT2D eigenvalue weighted by molar-refractivity contribution is 0.520. The molecule has 18 heavy (non-hydrogen) atoms. The fourth-order valence-corrected chi connectivity index (χ4v) is 2.30. The number of benzene rings is 1. The van der Waals surface area contributed by atoms with Crippen molar-refractivity contribution in [3.05, 3.63) is 53.9 Å². The Bertz CT molecular complexity index is 462. The maximum atomic E-state index is 4.19. The monoisotopic (exact) mass is 243 g/mol. The number of rotatable bonds is 6. The fourth-order valence-electron chi connectivity index (χ4n) is 2.30. The van der Waals surface area contributed by atoms with E-state index in [-0.39, 0.29) is 0 Å². The largest absolute Gasteiger partial charge is 0.313 e. The minimum Gasteiger partial charge on any atom is -0.313 e. The van der Waals surface area contributed by atoms with Crippen LogP contribution in [0.5, 0.6) is 0 Å². The van der Waals surface area contributed by atoms with Gasteiger partial charge in [0.1, 0.15) is 0 Å². The average molecular weight is 243 g/mol. The molecule has 0 aliphatic heterocycles. The van der Waals surface area contributed by atoms with Gasteiger partial charge in [-0.3, -0.25) is 4.68 Å². The number of hydrogen-bond donors (Lipinski definition) is 1. The zero-order valence-electron chi connectivity index (χ0n) is 11.1. The number of aryl methyl sites for hydroxylation is 2. The molecule has 1 atom stereocenters. The molecule has 2 aromatic rings. The highest BCUT2D eigenvalue weighted by molar-refractivity contribution is 5.18. The van der Waals surface area contributed by atoms with E-state index in [1.165, 1.54) is 17.7 Å². The molecular weight excluding hydrogens is 222 g/mol. The minimum atomic E-state index is 0.444. The second kappa shape index (κ2) is 6.36. The first-order valence-electron chi connectivity index (χ1n) is 6.50. The van der Waals surface area contributed by atoms with Gasteiger partial charge in [0.05, 0.1) is 0 Å². The van der Waals surface area contributed by atoms with Crippen molar-refractivity contribution in [1.82, 2.24) is 15.1 Å². The van der Waals surface area contributed by atoms with Crippen LogP contribution in [0.15, 0.2) is 42.6 Å². The number of nitrogens with one attached hydrogen (secondary N) is 1. The third-order valence-electron chi connectivity index (χ3n) is 3.40. The van der Waals surface area contributed by atoms with Gasteiger partial charge in [0.15, 0.2) is 0 Å². The van der Waals surface area contributed by atoms with E-state index in [0.717, 1.165) is 12.8 Å². The van der Waals surface area contributed by atoms with Gasteiger partial charge in [-0.05, 0) is 37.9 Å². The molecule has 0 aliphatic carbocycles. The van der Waals surface area contributed by atoms with Crippen LogP contribution >= 0.6 is 0 Å². The topological polar surface area (TPSA) is 29.9 Å². The Labute approximate surface area is 109 Å². The maximum absolute atomic E-state index is 4.19. The normalized spacial score (nSPS) is 12.6. The zero-order chi connectivity index (χ0) is 12.8. The summed E-state index contributed by atoms with van der Waals surface area (Å²) in [7, 11) is 4.03. The first kappa shape index (κ1) is 12.8. The van der Waals surface area contributed by atoms with Crippen LogP contribution in [0, 0.1) is 0 Å². The van der Waals surface area contributed by atoms with Crippen LogP contribution in [-0.4, -0.2) is 16.8 Å². The summed E-state index contributed by atoms with van der Waals surface area (Å²) in [5.74, 6) is 0. The van der Waals surface area contributed by atoms with Crippen LogP contribution in [-0.2, 0) is 13.5 Å². The lowest BCUT2D eigenvalue weighted by atomic mass is 10.0. The van der Waals surface area contributed by atoms with E-state index >= 15 is 0 Å². The Morgan fingerprint density at radius 1 is 1.22 bits per heavy atom. The molecule has 1 aromatic carbocycles.